The Bertz CT molecular complexity index is 598. The van der Waals surface area contributed by atoms with Crippen LogP contribution in [0.5, 0.6) is 0 Å². The second-order valence-electron chi connectivity index (χ2n) is 4.19. The van der Waals surface area contributed by atoms with E-state index in [9.17, 15) is 15.0 Å². The van der Waals surface area contributed by atoms with E-state index in [1.165, 1.54) is 13.1 Å². The molecule has 100 valence electrons. The van der Waals surface area contributed by atoms with Gasteiger partial charge < -0.3 is 20.1 Å². The molecule has 1 aliphatic heterocycles. The first-order chi connectivity index (χ1) is 8.88. The van der Waals surface area contributed by atoms with E-state index in [0.717, 1.165) is 4.57 Å². The Kier molecular flexibility index (Phi) is 3.00. The third-order valence-electron chi connectivity index (χ3n) is 2.93. The molecular weight excluding hydrogens is 242 g/mol. The molecule has 0 bridgehead atoms. The van der Waals surface area contributed by atoms with Gasteiger partial charge in [0.25, 0.3) is 0 Å². The molecule has 1 aromatic rings. The van der Waals surface area contributed by atoms with Gasteiger partial charge in [0.2, 0.25) is 0 Å². The van der Waals surface area contributed by atoms with Gasteiger partial charge in [0, 0.05) is 11.8 Å². The van der Waals surface area contributed by atoms with E-state index in [1.807, 2.05) is 0 Å². The zero-order valence-electron chi connectivity index (χ0n) is 10.6. The molecule has 2 rings (SSSR count). The van der Waals surface area contributed by atoms with E-state index >= 15 is 0 Å². The van der Waals surface area contributed by atoms with Gasteiger partial charge >= 0.3 is 5.69 Å². The monoisotopic (exact) mass is 258 g/mol. The molecule has 0 unspecified atom stereocenters. The van der Waals surface area contributed by atoms with E-state index in [1.54, 1.807) is 0 Å². The molecule has 4 atom stereocenters. The molecule has 18 heavy (non-hydrogen) atoms. The Morgan fingerprint density at radius 2 is 2.28 bits per heavy atom. The fourth-order valence-corrected chi connectivity index (χ4v) is 1.86. The summed E-state index contributed by atoms with van der Waals surface area (Å²) in [5, 5.41) is 35.9. The Morgan fingerprint density at radius 1 is 1.61 bits per heavy atom. The lowest BCUT2D eigenvalue weighted by molar-refractivity contribution is -0.0551. The quantitative estimate of drug-likeness (QED) is 0.402. The van der Waals surface area contributed by atoms with Crippen LogP contribution in [-0.4, -0.2) is 49.8 Å². The van der Waals surface area contributed by atoms with Crippen LogP contribution in [0, 0.1) is 12.3 Å². The number of nitrogens with zero attached hydrogens (tertiary/aromatic N) is 1. The number of rotatable bonds is 2. The maximum Gasteiger partial charge on any atom is 0.329 e. The standard InChI is InChI=1S/C10H15N3O5/c1-4-2-13(10(17)12-8(4)11)9-7(16)6(15)5(3-14)18-9/h2,5-7,9,14-16H,3H2,1H3,(H2,11,12,17)/t5-,6-,7-,9-/m1/s1/i/hD. The summed E-state index contributed by atoms with van der Waals surface area (Å²) in [6.07, 6.45) is -3.64. The molecule has 0 spiro atoms. The Hall–Kier alpha value is -1.48. The molecule has 1 saturated heterocycles. The van der Waals surface area contributed by atoms with Crippen LogP contribution in [0.2, 0.25) is 1.41 Å². The van der Waals surface area contributed by atoms with Crippen molar-refractivity contribution in [3.05, 3.63) is 27.7 Å². The molecule has 0 aromatic carbocycles. The highest BCUT2D eigenvalue weighted by Crippen LogP contribution is 2.27. The number of aromatic amines is 1. The molecule has 1 fully saturated rings. The zero-order valence-corrected chi connectivity index (χ0v) is 9.65. The minimum atomic E-state index is -1.40. The first kappa shape index (κ1) is 11.6. The molecule has 0 amide bonds. The number of hydrogen-bond acceptors (Lipinski definition) is 6. The highest BCUT2D eigenvalue weighted by atomic mass is 16.6. The Balaban J connectivity index is 2.50. The topological polar surface area (TPSA) is 132 Å². The van der Waals surface area contributed by atoms with Crippen molar-refractivity contribution in [1.29, 1.82) is 5.41 Å². The average molecular weight is 258 g/mol. The molecule has 8 heteroatoms. The molecule has 0 radical (unpaired) electrons. The van der Waals surface area contributed by atoms with E-state index < -0.39 is 36.8 Å². The molecule has 1 aliphatic rings. The van der Waals surface area contributed by atoms with Gasteiger partial charge in [-0.15, -0.1) is 0 Å². The van der Waals surface area contributed by atoms with Crippen molar-refractivity contribution in [2.24, 2.45) is 0 Å². The third kappa shape index (κ3) is 1.99. The van der Waals surface area contributed by atoms with Gasteiger partial charge in [-0.05, 0) is 6.92 Å². The SMILES string of the molecule is [2H]n1c(=N)c(C)cn([C@@H]2O[C@H](CO)[C@@H](O)[C@H]2O)c1=O. The molecule has 8 nitrogen and oxygen atoms in total. The lowest BCUT2D eigenvalue weighted by Crippen LogP contribution is -2.38. The number of aromatic nitrogens is 2. The fourth-order valence-electron chi connectivity index (χ4n) is 1.86. The highest BCUT2D eigenvalue weighted by Gasteiger charge is 2.43. The highest BCUT2D eigenvalue weighted by molar-refractivity contribution is 5.01. The van der Waals surface area contributed by atoms with Gasteiger partial charge in [-0.3, -0.25) is 15.0 Å². The summed E-state index contributed by atoms with van der Waals surface area (Å²) in [5.74, 6) is 0. The fraction of sp³-hybridized carbons (Fsp3) is 0.600. The minimum Gasteiger partial charge on any atom is -0.394 e. The average Bonchev–Trinajstić information content (AvgIpc) is 2.68. The van der Waals surface area contributed by atoms with E-state index in [-0.39, 0.29) is 5.49 Å². The molecule has 2 heterocycles. The number of aryl methyl sites for hydroxylation is 1. The smallest absolute Gasteiger partial charge is 0.329 e. The molecule has 5 N–H and O–H groups in total. The summed E-state index contributed by atoms with van der Waals surface area (Å²) >= 11 is 0. The summed E-state index contributed by atoms with van der Waals surface area (Å²) in [4.78, 5) is 12.2. The van der Waals surface area contributed by atoms with E-state index in [4.69, 9.17) is 16.7 Å². The van der Waals surface area contributed by atoms with Crippen LogP contribution in [0.25, 0.3) is 0 Å². The van der Waals surface area contributed by atoms with Crippen LogP contribution in [-0.2, 0) is 4.74 Å². The second kappa shape index (κ2) is 4.65. The predicted molar refractivity (Wildman–Crippen MR) is 58.7 cm³/mol. The van der Waals surface area contributed by atoms with Gasteiger partial charge in [0.15, 0.2) is 7.64 Å². The molecular formula is C10H15N3O5. The molecule has 0 saturated carbocycles. The van der Waals surface area contributed by atoms with Crippen LogP contribution in [0.3, 0.4) is 0 Å². The molecule has 0 aliphatic carbocycles. The maximum absolute atomic E-state index is 11.9. The van der Waals surface area contributed by atoms with Gasteiger partial charge in [-0.2, -0.15) is 0 Å². The second-order valence-corrected chi connectivity index (χ2v) is 4.19. The van der Waals surface area contributed by atoms with Crippen LogP contribution in [0.15, 0.2) is 11.0 Å². The zero-order chi connectivity index (χ0) is 14.3. The largest absolute Gasteiger partial charge is 0.394 e. The van der Waals surface area contributed by atoms with Crippen molar-refractivity contribution in [1.82, 2.24) is 9.54 Å². The van der Waals surface area contributed by atoms with Crippen molar-refractivity contribution in [3.8, 4) is 0 Å². The van der Waals surface area contributed by atoms with Gasteiger partial charge in [0.05, 0.1) is 6.61 Å². The first-order valence-electron chi connectivity index (χ1n) is 5.84. The number of hydrogen-bond donors (Lipinski definition) is 5. The lowest BCUT2D eigenvalue weighted by Gasteiger charge is -2.17. The minimum absolute atomic E-state index is 0.270. The van der Waals surface area contributed by atoms with E-state index in [0.29, 0.717) is 10.5 Å². The van der Waals surface area contributed by atoms with Crippen molar-refractivity contribution in [3.63, 3.8) is 0 Å². The number of ether oxygens (including phenoxy) is 1. The normalized spacial score (nSPS) is 32.6. The van der Waals surface area contributed by atoms with Crippen LogP contribution in [0.4, 0.5) is 0 Å². The molecule has 1 aromatic heterocycles. The Morgan fingerprint density at radius 3 is 2.83 bits per heavy atom. The summed E-state index contributed by atoms with van der Waals surface area (Å²) in [6.45, 7) is 1.03. The number of aliphatic hydroxyl groups is 3. The maximum atomic E-state index is 11.9. The van der Waals surface area contributed by atoms with Gasteiger partial charge in [-0.1, -0.05) is 0 Å². The third-order valence-corrected chi connectivity index (χ3v) is 2.93. The van der Waals surface area contributed by atoms with Gasteiger partial charge in [-0.25, -0.2) is 4.79 Å². The summed E-state index contributed by atoms with van der Waals surface area (Å²) in [7, 11) is 0. The number of H-pyrrole nitrogens is 1. The van der Waals surface area contributed by atoms with Gasteiger partial charge in [0.1, 0.15) is 23.8 Å². The van der Waals surface area contributed by atoms with Crippen molar-refractivity contribution >= 4 is 0 Å². The number of aliphatic hydroxyl groups excluding tert-OH is 3. The van der Waals surface area contributed by atoms with Crippen molar-refractivity contribution in [2.75, 3.05) is 6.61 Å². The Labute approximate surface area is 103 Å². The summed E-state index contributed by atoms with van der Waals surface area (Å²) in [5.41, 5.74) is -0.800. The van der Waals surface area contributed by atoms with Crippen LogP contribution >= 0.6 is 0 Å². The van der Waals surface area contributed by atoms with Crippen LogP contribution in [0.1, 0.15) is 11.8 Å². The number of nitrogens with one attached hydrogen (secondary N) is 2. The lowest BCUT2D eigenvalue weighted by atomic mass is 10.1. The summed E-state index contributed by atoms with van der Waals surface area (Å²) < 4.78 is 13.6. The summed E-state index contributed by atoms with van der Waals surface area (Å²) in [6, 6.07) is 0. The first-order valence-corrected chi connectivity index (χ1v) is 5.39. The predicted octanol–water partition coefficient (Wildman–Crippen LogP) is -2.42. The van der Waals surface area contributed by atoms with Crippen LogP contribution < -0.4 is 11.2 Å². The van der Waals surface area contributed by atoms with E-state index in [2.05, 4.69) is 0 Å². The van der Waals surface area contributed by atoms with Crippen molar-refractivity contribution < 1.29 is 21.5 Å². The van der Waals surface area contributed by atoms with Crippen molar-refractivity contribution in [2.45, 2.75) is 31.5 Å².